The number of benzene rings is 1. The van der Waals surface area contributed by atoms with Gasteiger partial charge in [-0.2, -0.15) is 0 Å². The summed E-state index contributed by atoms with van der Waals surface area (Å²) in [6.07, 6.45) is 1.50. The summed E-state index contributed by atoms with van der Waals surface area (Å²) < 4.78 is 0. The third-order valence-corrected chi connectivity index (χ3v) is 3.72. The lowest BCUT2D eigenvalue weighted by molar-refractivity contribution is -0.116. The molecule has 1 saturated heterocycles. The lowest BCUT2D eigenvalue weighted by atomic mass is 10.0. The van der Waals surface area contributed by atoms with E-state index in [1.165, 1.54) is 0 Å². The van der Waals surface area contributed by atoms with Crippen LogP contribution in [0.2, 0.25) is 15.1 Å². The van der Waals surface area contributed by atoms with E-state index in [4.69, 9.17) is 34.8 Å². The molecule has 0 saturated carbocycles. The molecule has 0 aliphatic carbocycles. The van der Waals surface area contributed by atoms with Crippen LogP contribution in [0.4, 0.5) is 5.69 Å². The zero-order valence-electron chi connectivity index (χ0n) is 9.60. The number of anilines is 1. The van der Waals surface area contributed by atoms with Crippen molar-refractivity contribution < 1.29 is 4.79 Å². The molecule has 0 radical (unpaired) electrons. The first-order valence-corrected chi connectivity index (χ1v) is 6.85. The summed E-state index contributed by atoms with van der Waals surface area (Å²) >= 11 is 17.8. The van der Waals surface area contributed by atoms with Crippen molar-refractivity contribution in [3.05, 3.63) is 27.2 Å². The van der Waals surface area contributed by atoms with E-state index in [-0.39, 0.29) is 5.91 Å². The van der Waals surface area contributed by atoms with Crippen LogP contribution in [0.15, 0.2) is 12.1 Å². The molecule has 1 aromatic carbocycles. The number of hydrogen-bond acceptors (Lipinski definition) is 2. The molecule has 1 heterocycles. The van der Waals surface area contributed by atoms with Crippen molar-refractivity contribution in [3.8, 4) is 0 Å². The normalized spacial score (nSPS) is 18.9. The minimum absolute atomic E-state index is 0.0742. The predicted molar refractivity (Wildman–Crippen MR) is 75.7 cm³/mol. The van der Waals surface area contributed by atoms with E-state index >= 15 is 0 Å². The van der Waals surface area contributed by atoms with E-state index in [1.807, 2.05) is 0 Å². The summed E-state index contributed by atoms with van der Waals surface area (Å²) in [6, 6.07) is 3.11. The van der Waals surface area contributed by atoms with Crippen LogP contribution >= 0.6 is 34.8 Å². The first-order valence-electron chi connectivity index (χ1n) is 5.71. The van der Waals surface area contributed by atoms with E-state index in [0.717, 1.165) is 19.5 Å². The van der Waals surface area contributed by atoms with Crippen LogP contribution in [0.25, 0.3) is 0 Å². The number of hydrogen-bond donors (Lipinski definition) is 2. The molecule has 1 atom stereocenters. The van der Waals surface area contributed by atoms with E-state index in [0.29, 0.717) is 33.1 Å². The Hall–Kier alpha value is -0.480. The van der Waals surface area contributed by atoms with Crippen molar-refractivity contribution >= 4 is 46.4 Å². The van der Waals surface area contributed by atoms with Gasteiger partial charge in [-0.1, -0.05) is 34.8 Å². The Kier molecular flexibility index (Phi) is 4.73. The molecule has 1 aromatic rings. The molecule has 1 aliphatic rings. The fourth-order valence-electron chi connectivity index (χ4n) is 2.00. The second kappa shape index (κ2) is 6.11. The Labute approximate surface area is 121 Å². The lowest BCUT2D eigenvalue weighted by Crippen LogP contribution is -2.18. The van der Waals surface area contributed by atoms with E-state index < -0.39 is 0 Å². The molecule has 0 aromatic heterocycles. The minimum Gasteiger partial charge on any atom is -0.324 e. The van der Waals surface area contributed by atoms with Crippen LogP contribution in [-0.4, -0.2) is 19.0 Å². The summed E-state index contributed by atoms with van der Waals surface area (Å²) in [5.74, 6) is 0.310. The van der Waals surface area contributed by atoms with Crippen LogP contribution in [-0.2, 0) is 4.79 Å². The molecule has 2 rings (SSSR count). The maximum atomic E-state index is 11.9. The van der Waals surface area contributed by atoms with E-state index in [1.54, 1.807) is 12.1 Å². The number of amides is 1. The standard InChI is InChI=1S/C12H13Cl3N2O/c13-8-4-9(14)12(10(15)5-8)17-11(18)3-7-1-2-16-6-7/h4-5,7,16H,1-3,6H2,(H,17,18). The van der Waals surface area contributed by atoms with Crippen LogP contribution in [0.3, 0.4) is 0 Å². The average Bonchev–Trinajstić information content (AvgIpc) is 2.76. The highest BCUT2D eigenvalue weighted by Gasteiger charge is 2.19. The topological polar surface area (TPSA) is 41.1 Å². The van der Waals surface area contributed by atoms with Crippen LogP contribution in [0.5, 0.6) is 0 Å². The summed E-state index contributed by atoms with van der Waals surface area (Å²) in [5.41, 5.74) is 0.429. The predicted octanol–water partition coefficient (Wildman–Crippen LogP) is 3.58. The molecule has 1 amide bonds. The van der Waals surface area contributed by atoms with E-state index in [9.17, 15) is 4.79 Å². The Morgan fingerprint density at radius 2 is 2.00 bits per heavy atom. The fraction of sp³-hybridized carbons (Fsp3) is 0.417. The van der Waals surface area contributed by atoms with Gasteiger partial charge in [0.05, 0.1) is 15.7 Å². The SMILES string of the molecule is O=C(CC1CCNC1)Nc1c(Cl)cc(Cl)cc1Cl. The number of carbonyl (C=O) groups excluding carboxylic acids is 1. The quantitative estimate of drug-likeness (QED) is 0.896. The van der Waals surface area contributed by atoms with Gasteiger partial charge in [0.15, 0.2) is 0 Å². The average molecular weight is 308 g/mol. The van der Waals surface area contributed by atoms with Crippen LogP contribution in [0.1, 0.15) is 12.8 Å². The minimum atomic E-state index is -0.0742. The Morgan fingerprint density at radius 1 is 1.33 bits per heavy atom. The van der Waals surface area contributed by atoms with Gasteiger partial charge < -0.3 is 10.6 Å². The van der Waals surface area contributed by atoms with Gasteiger partial charge in [-0.05, 0) is 37.6 Å². The van der Waals surface area contributed by atoms with Crippen molar-refractivity contribution in [2.75, 3.05) is 18.4 Å². The van der Waals surface area contributed by atoms with Gasteiger partial charge in [0.2, 0.25) is 5.91 Å². The van der Waals surface area contributed by atoms with Crippen molar-refractivity contribution in [3.63, 3.8) is 0 Å². The smallest absolute Gasteiger partial charge is 0.224 e. The van der Waals surface area contributed by atoms with Gasteiger partial charge in [0.1, 0.15) is 0 Å². The molecule has 1 unspecified atom stereocenters. The fourth-order valence-corrected chi connectivity index (χ4v) is 2.91. The number of halogens is 3. The second-order valence-corrected chi connectivity index (χ2v) is 5.61. The van der Waals surface area contributed by atoms with Gasteiger partial charge in [-0.25, -0.2) is 0 Å². The molecule has 98 valence electrons. The van der Waals surface area contributed by atoms with Gasteiger partial charge in [0.25, 0.3) is 0 Å². The van der Waals surface area contributed by atoms with Crippen molar-refractivity contribution in [1.82, 2.24) is 5.32 Å². The Bertz CT molecular complexity index is 436. The van der Waals surface area contributed by atoms with Gasteiger partial charge >= 0.3 is 0 Å². The zero-order valence-corrected chi connectivity index (χ0v) is 11.9. The third-order valence-electron chi connectivity index (χ3n) is 2.91. The highest BCUT2D eigenvalue weighted by atomic mass is 35.5. The first-order chi connectivity index (χ1) is 8.56. The molecule has 0 spiro atoms. The highest BCUT2D eigenvalue weighted by Crippen LogP contribution is 2.33. The number of carbonyl (C=O) groups is 1. The monoisotopic (exact) mass is 306 g/mol. The molecule has 2 N–H and O–H groups in total. The zero-order chi connectivity index (χ0) is 13.1. The molecule has 1 fully saturated rings. The van der Waals surface area contributed by atoms with E-state index in [2.05, 4.69) is 10.6 Å². The largest absolute Gasteiger partial charge is 0.324 e. The summed E-state index contributed by atoms with van der Waals surface area (Å²) in [5, 5.41) is 7.12. The third kappa shape index (κ3) is 3.51. The highest BCUT2D eigenvalue weighted by molar-refractivity contribution is 6.42. The van der Waals surface area contributed by atoms with Gasteiger partial charge in [-0.3, -0.25) is 4.79 Å². The van der Waals surface area contributed by atoms with Gasteiger partial charge in [0, 0.05) is 11.4 Å². The molecule has 1 aliphatic heterocycles. The molecule has 18 heavy (non-hydrogen) atoms. The van der Waals surface area contributed by atoms with Crippen molar-refractivity contribution in [1.29, 1.82) is 0 Å². The summed E-state index contributed by atoms with van der Waals surface area (Å²) in [4.78, 5) is 11.9. The Morgan fingerprint density at radius 3 is 2.56 bits per heavy atom. The maximum absolute atomic E-state index is 11.9. The molecule has 0 bridgehead atoms. The summed E-state index contributed by atoms with van der Waals surface area (Å²) in [7, 11) is 0. The number of rotatable bonds is 3. The first kappa shape index (κ1) is 13.9. The Balaban J connectivity index is 2.02. The second-order valence-electron chi connectivity index (χ2n) is 4.36. The van der Waals surface area contributed by atoms with Crippen LogP contribution < -0.4 is 10.6 Å². The molecular formula is C12H13Cl3N2O. The van der Waals surface area contributed by atoms with Crippen LogP contribution in [0, 0.1) is 5.92 Å². The molecule has 6 heteroatoms. The van der Waals surface area contributed by atoms with Crippen molar-refractivity contribution in [2.24, 2.45) is 5.92 Å². The van der Waals surface area contributed by atoms with Gasteiger partial charge in [-0.15, -0.1) is 0 Å². The lowest BCUT2D eigenvalue weighted by Gasteiger charge is -2.12. The maximum Gasteiger partial charge on any atom is 0.224 e. The molecular weight excluding hydrogens is 295 g/mol. The van der Waals surface area contributed by atoms with Crippen molar-refractivity contribution in [2.45, 2.75) is 12.8 Å². The molecule has 3 nitrogen and oxygen atoms in total. The number of nitrogens with one attached hydrogen (secondary N) is 2. The summed E-state index contributed by atoms with van der Waals surface area (Å²) in [6.45, 7) is 1.86.